The van der Waals surface area contributed by atoms with Crippen LogP contribution in [0.1, 0.15) is 51.0 Å². The van der Waals surface area contributed by atoms with Crippen LogP contribution in [-0.2, 0) is 11.3 Å². The number of aryl methyl sites for hydroxylation is 1. The third-order valence-corrected chi connectivity index (χ3v) is 6.47. The number of likely N-dealkylation sites (tertiary alicyclic amines) is 1. The molecule has 8 nitrogen and oxygen atoms in total. The SMILES string of the molecule is Cc1cc(-c2nn(C3CCN(C(=O)OC(C)(C)C)CC3)c(C)c2Br)nn1CCN(C)C. The van der Waals surface area contributed by atoms with Crippen LogP contribution in [0.15, 0.2) is 10.5 Å². The molecule has 1 aliphatic heterocycles. The largest absolute Gasteiger partial charge is 0.444 e. The fraction of sp³-hybridized carbons (Fsp3) is 0.682. The van der Waals surface area contributed by atoms with Gasteiger partial charge in [0.25, 0.3) is 0 Å². The van der Waals surface area contributed by atoms with E-state index in [2.05, 4.69) is 59.5 Å². The molecule has 1 aliphatic rings. The number of piperidine rings is 1. The van der Waals surface area contributed by atoms with Gasteiger partial charge in [0.2, 0.25) is 0 Å². The van der Waals surface area contributed by atoms with Crippen LogP contribution in [-0.4, -0.2) is 74.8 Å². The molecule has 0 unspecified atom stereocenters. The highest BCUT2D eigenvalue weighted by molar-refractivity contribution is 9.10. The Morgan fingerprint density at radius 1 is 1.23 bits per heavy atom. The zero-order chi connectivity index (χ0) is 22.9. The molecule has 9 heteroatoms. The summed E-state index contributed by atoms with van der Waals surface area (Å²) in [7, 11) is 4.13. The van der Waals surface area contributed by atoms with E-state index in [4.69, 9.17) is 14.9 Å². The van der Waals surface area contributed by atoms with Gasteiger partial charge in [0.15, 0.2) is 0 Å². The predicted octanol–water partition coefficient (Wildman–Crippen LogP) is 4.26. The molecule has 0 spiro atoms. The van der Waals surface area contributed by atoms with E-state index in [0.717, 1.165) is 53.2 Å². The number of amides is 1. The summed E-state index contributed by atoms with van der Waals surface area (Å²) in [6.45, 7) is 13.0. The third-order valence-electron chi connectivity index (χ3n) is 5.52. The fourth-order valence-corrected chi connectivity index (χ4v) is 4.25. The van der Waals surface area contributed by atoms with Crippen LogP contribution in [0.3, 0.4) is 0 Å². The summed E-state index contributed by atoms with van der Waals surface area (Å²) >= 11 is 3.74. The van der Waals surface area contributed by atoms with Crippen molar-refractivity contribution in [3.8, 4) is 11.4 Å². The van der Waals surface area contributed by atoms with Gasteiger partial charge in [-0.15, -0.1) is 0 Å². The topological polar surface area (TPSA) is 68.4 Å². The highest BCUT2D eigenvalue weighted by Gasteiger charge is 2.29. The van der Waals surface area contributed by atoms with Gasteiger partial charge in [0.05, 0.1) is 22.8 Å². The zero-order valence-corrected chi connectivity index (χ0v) is 21.4. The van der Waals surface area contributed by atoms with E-state index in [1.165, 1.54) is 0 Å². The quantitative estimate of drug-likeness (QED) is 0.620. The van der Waals surface area contributed by atoms with Gasteiger partial charge in [0, 0.05) is 25.3 Å². The first-order chi connectivity index (χ1) is 14.5. The lowest BCUT2D eigenvalue weighted by Gasteiger charge is -2.33. The first-order valence-corrected chi connectivity index (χ1v) is 11.7. The highest BCUT2D eigenvalue weighted by Crippen LogP contribution is 2.34. The molecule has 1 fully saturated rings. The van der Waals surface area contributed by atoms with E-state index in [1.54, 1.807) is 4.90 Å². The second kappa shape index (κ2) is 9.32. The summed E-state index contributed by atoms with van der Waals surface area (Å²) in [5.41, 5.74) is 3.50. The average Bonchev–Trinajstić information content (AvgIpc) is 3.19. The van der Waals surface area contributed by atoms with Crippen molar-refractivity contribution in [3.05, 3.63) is 21.9 Å². The predicted molar refractivity (Wildman–Crippen MR) is 125 cm³/mol. The number of carbonyl (C=O) groups is 1. The molecule has 0 atom stereocenters. The van der Waals surface area contributed by atoms with Gasteiger partial charge in [0.1, 0.15) is 17.0 Å². The first-order valence-electron chi connectivity index (χ1n) is 10.9. The molecule has 0 radical (unpaired) electrons. The van der Waals surface area contributed by atoms with Gasteiger partial charge in [-0.1, -0.05) is 0 Å². The first kappa shape index (κ1) is 23.8. The van der Waals surface area contributed by atoms with E-state index in [9.17, 15) is 4.79 Å². The minimum Gasteiger partial charge on any atom is -0.444 e. The van der Waals surface area contributed by atoms with Gasteiger partial charge in [-0.25, -0.2) is 4.79 Å². The highest BCUT2D eigenvalue weighted by atomic mass is 79.9. The molecule has 1 saturated heterocycles. The van der Waals surface area contributed by atoms with Crippen LogP contribution in [0.4, 0.5) is 4.79 Å². The van der Waals surface area contributed by atoms with E-state index in [-0.39, 0.29) is 12.1 Å². The summed E-state index contributed by atoms with van der Waals surface area (Å²) < 4.78 is 10.6. The van der Waals surface area contributed by atoms with Crippen molar-refractivity contribution in [2.45, 2.75) is 65.6 Å². The van der Waals surface area contributed by atoms with Crippen molar-refractivity contribution < 1.29 is 9.53 Å². The summed E-state index contributed by atoms with van der Waals surface area (Å²) in [5, 5.41) is 9.73. The summed E-state index contributed by atoms with van der Waals surface area (Å²) in [4.78, 5) is 16.3. The van der Waals surface area contributed by atoms with Gasteiger partial charge in [-0.2, -0.15) is 10.2 Å². The normalized spacial score (nSPS) is 15.7. The molecule has 0 aliphatic carbocycles. The van der Waals surface area contributed by atoms with Crippen molar-refractivity contribution in [1.82, 2.24) is 29.4 Å². The number of ether oxygens (including phenoxy) is 1. The van der Waals surface area contributed by atoms with Gasteiger partial charge in [-0.3, -0.25) is 9.36 Å². The molecule has 0 saturated carbocycles. The van der Waals surface area contributed by atoms with Crippen LogP contribution in [0, 0.1) is 13.8 Å². The van der Waals surface area contributed by atoms with Crippen LogP contribution in [0.2, 0.25) is 0 Å². The lowest BCUT2D eigenvalue weighted by Crippen LogP contribution is -2.42. The number of rotatable bonds is 5. The number of hydrogen-bond acceptors (Lipinski definition) is 5. The fourth-order valence-electron chi connectivity index (χ4n) is 3.78. The number of hydrogen-bond donors (Lipinski definition) is 0. The molecule has 172 valence electrons. The van der Waals surface area contributed by atoms with Crippen LogP contribution in [0.25, 0.3) is 11.4 Å². The standard InChI is InChI=1S/C22H35BrN6O2/c1-15-14-18(24-28(15)13-12-26(6)7)20-19(23)16(2)29(25-20)17-8-10-27(11-9-17)21(30)31-22(3,4)5/h14,17H,8-13H2,1-7H3. The van der Waals surface area contributed by atoms with Gasteiger partial charge in [-0.05, 0) is 83.6 Å². The van der Waals surface area contributed by atoms with E-state index >= 15 is 0 Å². The Kier molecular flexibility index (Phi) is 7.15. The molecule has 2 aromatic heterocycles. The Morgan fingerprint density at radius 3 is 2.45 bits per heavy atom. The lowest BCUT2D eigenvalue weighted by atomic mass is 10.1. The number of nitrogens with zero attached hydrogens (tertiary/aromatic N) is 6. The Morgan fingerprint density at radius 2 is 1.87 bits per heavy atom. The minimum atomic E-state index is -0.472. The number of halogens is 1. The van der Waals surface area contributed by atoms with Gasteiger partial charge >= 0.3 is 6.09 Å². The van der Waals surface area contributed by atoms with Crippen LogP contribution < -0.4 is 0 Å². The van der Waals surface area contributed by atoms with Crippen LogP contribution >= 0.6 is 15.9 Å². The molecular weight excluding hydrogens is 460 g/mol. The van der Waals surface area contributed by atoms with Crippen LogP contribution in [0.5, 0.6) is 0 Å². The molecule has 2 aromatic rings. The van der Waals surface area contributed by atoms with Crippen molar-refractivity contribution in [1.29, 1.82) is 0 Å². The Balaban J connectivity index is 1.72. The smallest absolute Gasteiger partial charge is 0.410 e. The monoisotopic (exact) mass is 494 g/mol. The number of aromatic nitrogens is 4. The average molecular weight is 495 g/mol. The zero-order valence-electron chi connectivity index (χ0n) is 19.8. The Hall–Kier alpha value is -1.87. The van der Waals surface area contributed by atoms with Crippen molar-refractivity contribution >= 4 is 22.0 Å². The second-order valence-electron chi connectivity index (χ2n) is 9.59. The molecule has 1 amide bonds. The number of carbonyl (C=O) groups excluding carboxylic acids is 1. The molecule has 0 bridgehead atoms. The molecule has 3 rings (SSSR count). The summed E-state index contributed by atoms with van der Waals surface area (Å²) in [6.07, 6.45) is 1.47. The van der Waals surface area contributed by atoms with Crippen molar-refractivity contribution in [3.63, 3.8) is 0 Å². The molecule has 31 heavy (non-hydrogen) atoms. The molecular formula is C22H35BrN6O2. The van der Waals surface area contributed by atoms with Gasteiger partial charge < -0.3 is 14.5 Å². The van der Waals surface area contributed by atoms with E-state index in [1.807, 2.05) is 25.5 Å². The Bertz CT molecular complexity index is 919. The maximum Gasteiger partial charge on any atom is 0.410 e. The molecule has 3 heterocycles. The van der Waals surface area contributed by atoms with E-state index in [0.29, 0.717) is 13.1 Å². The summed E-state index contributed by atoms with van der Waals surface area (Å²) in [6, 6.07) is 2.35. The lowest BCUT2D eigenvalue weighted by molar-refractivity contribution is 0.0184. The molecule has 0 aromatic carbocycles. The third kappa shape index (κ3) is 5.68. The van der Waals surface area contributed by atoms with Crippen molar-refractivity contribution in [2.75, 3.05) is 33.7 Å². The summed E-state index contributed by atoms with van der Waals surface area (Å²) in [5.74, 6) is 0. The Labute approximate surface area is 193 Å². The number of likely N-dealkylation sites (N-methyl/N-ethyl adjacent to an activating group) is 1. The van der Waals surface area contributed by atoms with Crippen molar-refractivity contribution in [2.24, 2.45) is 0 Å². The second-order valence-corrected chi connectivity index (χ2v) is 10.4. The molecule has 0 N–H and O–H groups in total. The maximum atomic E-state index is 12.4. The minimum absolute atomic E-state index is 0.233. The van der Waals surface area contributed by atoms with E-state index < -0.39 is 5.60 Å². The maximum absolute atomic E-state index is 12.4.